The molecule has 0 amide bonds. The number of benzene rings is 7. The molecule has 5 heteroatoms. The minimum absolute atomic E-state index is 0.123. The van der Waals surface area contributed by atoms with Gasteiger partial charge >= 0.3 is 0 Å². The molecule has 2 unspecified atom stereocenters. The van der Waals surface area contributed by atoms with Gasteiger partial charge in [0.2, 0.25) is 0 Å². The molecule has 2 atom stereocenters. The number of nitrogens with zero attached hydrogens (tertiary/aromatic N) is 4. The van der Waals surface area contributed by atoms with Crippen LogP contribution in [0, 0.1) is 0 Å². The van der Waals surface area contributed by atoms with Crippen LogP contribution in [0.4, 0.5) is 0 Å². The monoisotopic (exact) mass is 706 g/mol. The molecule has 12 bridgehead atoms. The summed E-state index contributed by atoms with van der Waals surface area (Å²) in [4.78, 5) is 15.4. The Hall–Kier alpha value is -6.69. The summed E-state index contributed by atoms with van der Waals surface area (Å²) in [5.74, 6) is 0.834. The largest absolute Gasteiger partial charge is 0.332 e. The van der Waals surface area contributed by atoms with Crippen molar-refractivity contribution in [1.82, 2.24) is 19.5 Å². The molecule has 54 heavy (non-hydrogen) atoms. The number of hydrogen-bond donors (Lipinski definition) is 0. The molecule has 7 aromatic carbocycles. The van der Waals surface area contributed by atoms with Crippen molar-refractivity contribution in [2.75, 3.05) is 0 Å². The van der Waals surface area contributed by atoms with Crippen LogP contribution in [-0.2, 0) is 0 Å². The average molecular weight is 707 g/mol. The van der Waals surface area contributed by atoms with E-state index >= 15 is 0 Å². The van der Waals surface area contributed by atoms with E-state index in [1.54, 1.807) is 0 Å². The topological polar surface area (TPSA) is 43.6 Å². The van der Waals surface area contributed by atoms with Gasteiger partial charge in [0.15, 0.2) is 17.1 Å². The molecule has 0 fully saturated rings. The minimum atomic E-state index is 0.123. The predicted octanol–water partition coefficient (Wildman–Crippen LogP) is 12.9. The number of fused-ring (bicyclic) bond motifs is 3. The summed E-state index contributed by atoms with van der Waals surface area (Å²) in [7, 11) is 0. The van der Waals surface area contributed by atoms with Crippen molar-refractivity contribution >= 4 is 91.7 Å². The maximum atomic E-state index is 5.19. The molecule has 14 rings (SSSR count). The zero-order chi connectivity index (χ0) is 35.3. The molecule has 12 aromatic rings. The molecule has 0 radical (unpaired) electrons. The third-order valence-corrected chi connectivity index (χ3v) is 12.7. The van der Waals surface area contributed by atoms with Crippen molar-refractivity contribution in [3.8, 4) is 11.4 Å². The molecule has 0 saturated carbocycles. The van der Waals surface area contributed by atoms with Crippen molar-refractivity contribution in [2.45, 2.75) is 12.0 Å². The minimum Gasteiger partial charge on any atom is -0.332 e. The zero-order valence-corrected chi connectivity index (χ0v) is 29.8. The van der Waals surface area contributed by atoms with Crippen LogP contribution in [0.5, 0.6) is 0 Å². The molecule has 0 spiro atoms. The van der Waals surface area contributed by atoms with Gasteiger partial charge in [-0.15, -0.1) is 11.3 Å². The highest BCUT2D eigenvalue weighted by atomic mass is 32.1. The van der Waals surface area contributed by atoms with Crippen LogP contribution >= 0.6 is 11.3 Å². The first kappa shape index (κ1) is 29.8. The Bertz CT molecular complexity index is 3320. The van der Waals surface area contributed by atoms with Gasteiger partial charge in [-0.1, -0.05) is 152 Å². The second-order valence-electron chi connectivity index (χ2n) is 14.3. The van der Waals surface area contributed by atoms with E-state index in [1.807, 2.05) is 29.5 Å². The first-order valence-corrected chi connectivity index (χ1v) is 19.3. The lowest BCUT2D eigenvalue weighted by atomic mass is 9.84. The van der Waals surface area contributed by atoms with Crippen LogP contribution in [0.3, 0.4) is 0 Å². The summed E-state index contributed by atoms with van der Waals surface area (Å²) in [5, 5.41) is 9.37. The van der Waals surface area contributed by atoms with Gasteiger partial charge in [0.05, 0.1) is 16.3 Å². The van der Waals surface area contributed by atoms with Gasteiger partial charge in [0.25, 0.3) is 0 Å². The van der Waals surface area contributed by atoms with E-state index in [-0.39, 0.29) is 12.0 Å². The normalized spacial score (nSPS) is 16.2. The Morgan fingerprint density at radius 2 is 1.13 bits per heavy atom. The Labute approximate surface area is 314 Å². The van der Waals surface area contributed by atoms with E-state index in [1.165, 1.54) is 64.1 Å². The second kappa shape index (κ2) is 11.4. The molecule has 0 N–H and O–H groups in total. The Morgan fingerprint density at radius 3 is 1.94 bits per heavy atom. The lowest BCUT2D eigenvalue weighted by Crippen LogP contribution is -2.11. The van der Waals surface area contributed by atoms with Crippen LogP contribution in [-0.4, -0.2) is 19.5 Å². The van der Waals surface area contributed by atoms with Gasteiger partial charge in [0, 0.05) is 43.2 Å². The van der Waals surface area contributed by atoms with E-state index in [0.717, 1.165) is 21.7 Å². The van der Waals surface area contributed by atoms with E-state index in [4.69, 9.17) is 15.0 Å². The maximum Gasteiger partial charge on any atom is 0.165 e. The molecular formula is C49H30N4S. The molecular weight excluding hydrogens is 677 g/mol. The highest BCUT2D eigenvalue weighted by Gasteiger charge is 2.34. The van der Waals surface area contributed by atoms with Crippen molar-refractivity contribution in [3.63, 3.8) is 0 Å². The summed E-state index contributed by atoms with van der Waals surface area (Å²) < 4.78 is 5.04. The fourth-order valence-electron chi connectivity index (χ4n) is 8.94. The highest BCUT2D eigenvalue weighted by molar-refractivity contribution is 7.27. The van der Waals surface area contributed by atoms with E-state index < -0.39 is 0 Å². The van der Waals surface area contributed by atoms with Crippen LogP contribution in [0.25, 0.3) is 91.8 Å². The third-order valence-electron chi connectivity index (χ3n) is 11.4. The lowest BCUT2D eigenvalue weighted by molar-refractivity contribution is 0.617. The number of rotatable bonds is 2. The van der Waals surface area contributed by atoms with Gasteiger partial charge in [-0.2, -0.15) is 0 Å². The molecule has 1 aliphatic carbocycles. The van der Waals surface area contributed by atoms with Crippen LogP contribution in [0.1, 0.15) is 23.1 Å². The SMILES string of the molecule is C1=CC2C(C=C1c1ccccc1)c1c3cccc4c5ccc(cc5)c5nc(-c6ccccc6)nc(n5)c5cccc6c7cccc(c7sc56)n2c1ccc34. The Morgan fingerprint density at radius 1 is 0.463 bits per heavy atom. The van der Waals surface area contributed by atoms with Crippen molar-refractivity contribution in [2.24, 2.45) is 0 Å². The van der Waals surface area contributed by atoms with Crippen LogP contribution < -0.4 is 0 Å². The lowest BCUT2D eigenvalue weighted by Gasteiger charge is -2.23. The first-order chi connectivity index (χ1) is 26.8. The summed E-state index contributed by atoms with van der Waals surface area (Å²) in [6.07, 6.45) is 7.26. The zero-order valence-electron chi connectivity index (χ0n) is 29.0. The second-order valence-corrected chi connectivity index (χ2v) is 15.3. The molecule has 5 aromatic heterocycles. The summed E-state index contributed by atoms with van der Waals surface area (Å²) in [6, 6.07) is 54.7. The number of hydrogen-bond acceptors (Lipinski definition) is 4. The van der Waals surface area contributed by atoms with Crippen molar-refractivity contribution in [3.05, 3.63) is 181 Å². The predicted molar refractivity (Wildman–Crippen MR) is 227 cm³/mol. The summed E-state index contributed by atoms with van der Waals surface area (Å²) in [5.41, 5.74) is 8.69. The summed E-state index contributed by atoms with van der Waals surface area (Å²) in [6.45, 7) is 0. The van der Waals surface area contributed by atoms with Crippen LogP contribution in [0.15, 0.2) is 170 Å². The third kappa shape index (κ3) is 4.33. The van der Waals surface area contributed by atoms with E-state index in [2.05, 4.69) is 156 Å². The first-order valence-electron chi connectivity index (χ1n) is 18.4. The maximum absolute atomic E-state index is 5.19. The molecule has 2 aliphatic rings. The summed E-state index contributed by atoms with van der Waals surface area (Å²) >= 11 is 1.84. The van der Waals surface area contributed by atoms with E-state index in [9.17, 15) is 0 Å². The van der Waals surface area contributed by atoms with Gasteiger partial charge in [-0.25, -0.2) is 15.0 Å². The average Bonchev–Trinajstić information content (AvgIpc) is 3.80. The number of allylic oxidation sites excluding steroid dienone is 4. The fraction of sp³-hybridized carbons (Fsp3) is 0.0408. The molecule has 252 valence electrons. The standard InChI is InChI=1S/C49H30N4S/c1-3-10-29(11-4-1)33-24-26-41-40(28-33)44-36-15-7-14-34-30-20-22-32(23-21-30)48-50-47(31-12-5-2-6-13-31)51-49(52-48)39-18-8-16-37-38-17-9-19-43(46(38)54-45(37)39)53(41)42(44)27-25-35(34)36/h1-28,40-41H. The van der Waals surface area contributed by atoms with Gasteiger partial charge in [0.1, 0.15) is 0 Å². The van der Waals surface area contributed by atoms with Crippen molar-refractivity contribution in [1.29, 1.82) is 0 Å². The highest BCUT2D eigenvalue weighted by Crippen LogP contribution is 2.51. The number of aromatic nitrogens is 4. The van der Waals surface area contributed by atoms with Gasteiger partial charge < -0.3 is 4.57 Å². The fourth-order valence-corrected chi connectivity index (χ4v) is 10.3. The van der Waals surface area contributed by atoms with Crippen LogP contribution in [0.2, 0.25) is 0 Å². The molecule has 4 nitrogen and oxygen atoms in total. The van der Waals surface area contributed by atoms with Gasteiger partial charge in [-0.05, 0) is 56.4 Å². The van der Waals surface area contributed by atoms with Gasteiger partial charge in [-0.3, -0.25) is 0 Å². The van der Waals surface area contributed by atoms with Crippen molar-refractivity contribution < 1.29 is 0 Å². The molecule has 1 aliphatic heterocycles. The molecule has 0 saturated heterocycles. The number of thiophene rings is 1. The Kier molecular flexibility index (Phi) is 6.30. The van der Waals surface area contributed by atoms with E-state index in [0.29, 0.717) is 17.1 Å². The Balaban J connectivity index is 1.28. The quantitative estimate of drug-likeness (QED) is 0.180. The molecule has 6 heterocycles. The smallest absolute Gasteiger partial charge is 0.165 e.